The molecule has 0 aromatic carbocycles. The maximum atomic E-state index is 12.8. The second-order valence-electron chi connectivity index (χ2n) is 19.2. The first kappa shape index (κ1) is 64.8. The molecule has 0 bridgehead atoms. The van der Waals surface area contributed by atoms with Gasteiger partial charge in [-0.25, -0.2) is 0 Å². The summed E-state index contributed by atoms with van der Waals surface area (Å²) in [6, 6.07) is 0. The number of carbonyl (C=O) groups excluding carboxylic acids is 3. The maximum Gasteiger partial charge on any atom is 0.306 e. The second kappa shape index (κ2) is 56.4. The lowest BCUT2D eigenvalue weighted by Gasteiger charge is -2.18. The van der Waals surface area contributed by atoms with Crippen LogP contribution in [0.3, 0.4) is 0 Å². The van der Waals surface area contributed by atoms with Crippen molar-refractivity contribution in [3.63, 3.8) is 0 Å². The maximum absolute atomic E-state index is 12.8. The predicted molar refractivity (Wildman–Crippen MR) is 293 cm³/mol. The van der Waals surface area contributed by atoms with Gasteiger partial charge < -0.3 is 14.2 Å². The summed E-state index contributed by atoms with van der Waals surface area (Å²) in [5, 5.41) is 0. The van der Waals surface area contributed by atoms with Gasteiger partial charge in [-0.15, -0.1) is 0 Å². The van der Waals surface area contributed by atoms with Crippen LogP contribution in [0.2, 0.25) is 0 Å². The van der Waals surface area contributed by atoms with E-state index in [1.54, 1.807) is 0 Å². The van der Waals surface area contributed by atoms with Crippen molar-refractivity contribution in [3.8, 4) is 0 Å². The molecule has 0 rings (SSSR count). The normalized spacial score (nSPS) is 12.6. The minimum absolute atomic E-state index is 0.0982. The standard InChI is InChI=1S/C62H108O6/c1-4-7-10-13-16-19-22-25-28-30-31-33-34-37-40-43-46-49-52-55-61(64)67-58-59(57-66-60(63)54-51-48-45-42-39-36-27-24-21-18-15-12-9-6-3)68-62(65)56-53-50-47-44-41-38-35-32-29-26-23-20-17-14-11-8-5-2/h8,11,17,20,24,26-27,29,35,38,44,47,59H,4-7,9-10,12-16,18-19,21-23,25,28,30-34,36-37,39-43,45-46,48-58H2,1-3H3/b11-8-,20-17-,27-24-,29-26-,38-35-,47-44-. The molecule has 0 radical (unpaired) electrons. The van der Waals surface area contributed by atoms with Crippen molar-refractivity contribution in [1.82, 2.24) is 0 Å². The van der Waals surface area contributed by atoms with Crippen LogP contribution < -0.4 is 0 Å². The lowest BCUT2D eigenvalue weighted by molar-refractivity contribution is -0.167. The molecule has 0 saturated heterocycles. The molecule has 0 spiro atoms. The highest BCUT2D eigenvalue weighted by atomic mass is 16.6. The van der Waals surface area contributed by atoms with E-state index in [0.29, 0.717) is 19.3 Å². The Morgan fingerprint density at radius 2 is 0.588 bits per heavy atom. The molecule has 0 aliphatic rings. The van der Waals surface area contributed by atoms with E-state index in [1.807, 2.05) is 0 Å². The van der Waals surface area contributed by atoms with E-state index in [9.17, 15) is 14.4 Å². The van der Waals surface area contributed by atoms with Crippen LogP contribution in [0.25, 0.3) is 0 Å². The minimum Gasteiger partial charge on any atom is -0.462 e. The Bertz CT molecular complexity index is 1270. The molecule has 0 aromatic heterocycles. The molecule has 0 N–H and O–H groups in total. The van der Waals surface area contributed by atoms with Gasteiger partial charge in [0.2, 0.25) is 0 Å². The van der Waals surface area contributed by atoms with Crippen molar-refractivity contribution in [2.45, 2.75) is 290 Å². The smallest absolute Gasteiger partial charge is 0.306 e. The van der Waals surface area contributed by atoms with Crippen LogP contribution >= 0.6 is 0 Å². The van der Waals surface area contributed by atoms with E-state index in [-0.39, 0.29) is 37.5 Å². The first-order valence-electron chi connectivity index (χ1n) is 28.9. The van der Waals surface area contributed by atoms with Gasteiger partial charge >= 0.3 is 17.9 Å². The highest BCUT2D eigenvalue weighted by Crippen LogP contribution is 2.16. The Morgan fingerprint density at radius 1 is 0.309 bits per heavy atom. The molecule has 0 aliphatic heterocycles. The monoisotopic (exact) mass is 949 g/mol. The summed E-state index contributed by atoms with van der Waals surface area (Å²) in [6.07, 6.45) is 71.9. The topological polar surface area (TPSA) is 78.9 Å². The van der Waals surface area contributed by atoms with E-state index in [0.717, 1.165) is 83.5 Å². The molecular formula is C62H108O6. The Hall–Kier alpha value is -3.15. The van der Waals surface area contributed by atoms with Crippen molar-refractivity contribution >= 4 is 17.9 Å². The van der Waals surface area contributed by atoms with Crippen LogP contribution in [0.5, 0.6) is 0 Å². The van der Waals surface area contributed by atoms with Crippen LogP contribution in [0, 0.1) is 0 Å². The third kappa shape index (κ3) is 53.8. The predicted octanol–water partition coefficient (Wildman–Crippen LogP) is 19.4. The van der Waals surface area contributed by atoms with E-state index >= 15 is 0 Å². The molecule has 1 atom stereocenters. The lowest BCUT2D eigenvalue weighted by Crippen LogP contribution is -2.30. The summed E-state index contributed by atoms with van der Waals surface area (Å²) in [7, 11) is 0. The van der Waals surface area contributed by atoms with Crippen molar-refractivity contribution in [2.24, 2.45) is 0 Å². The zero-order chi connectivity index (χ0) is 49.3. The first-order valence-corrected chi connectivity index (χ1v) is 28.9. The van der Waals surface area contributed by atoms with Gasteiger partial charge in [-0.05, 0) is 83.5 Å². The molecule has 6 nitrogen and oxygen atoms in total. The number of unbranched alkanes of at least 4 members (excludes halogenated alkanes) is 29. The summed E-state index contributed by atoms with van der Waals surface area (Å²) in [4.78, 5) is 38.1. The molecule has 0 fully saturated rings. The van der Waals surface area contributed by atoms with Gasteiger partial charge in [0.05, 0.1) is 0 Å². The molecule has 0 saturated carbocycles. The summed E-state index contributed by atoms with van der Waals surface area (Å²) in [6.45, 7) is 6.49. The van der Waals surface area contributed by atoms with E-state index in [2.05, 4.69) is 93.7 Å². The number of hydrogen-bond donors (Lipinski definition) is 0. The average molecular weight is 950 g/mol. The number of carbonyl (C=O) groups is 3. The van der Waals surface area contributed by atoms with Gasteiger partial charge in [-0.2, -0.15) is 0 Å². The van der Waals surface area contributed by atoms with Crippen molar-refractivity contribution in [1.29, 1.82) is 0 Å². The largest absolute Gasteiger partial charge is 0.462 e. The average Bonchev–Trinajstić information content (AvgIpc) is 3.34. The summed E-state index contributed by atoms with van der Waals surface area (Å²) in [5.41, 5.74) is 0. The van der Waals surface area contributed by atoms with Gasteiger partial charge in [0, 0.05) is 19.3 Å². The highest BCUT2D eigenvalue weighted by Gasteiger charge is 2.19. The van der Waals surface area contributed by atoms with Crippen LogP contribution in [0.4, 0.5) is 0 Å². The fourth-order valence-electron chi connectivity index (χ4n) is 8.12. The van der Waals surface area contributed by atoms with E-state index in [1.165, 1.54) is 154 Å². The number of hydrogen-bond acceptors (Lipinski definition) is 6. The zero-order valence-corrected chi connectivity index (χ0v) is 44.9. The molecule has 0 aliphatic carbocycles. The molecule has 68 heavy (non-hydrogen) atoms. The molecule has 392 valence electrons. The van der Waals surface area contributed by atoms with Crippen LogP contribution in [0.1, 0.15) is 284 Å². The summed E-state index contributed by atoms with van der Waals surface area (Å²) in [5.74, 6) is -0.956. The lowest BCUT2D eigenvalue weighted by atomic mass is 10.0. The molecule has 0 heterocycles. The quantitative estimate of drug-likeness (QED) is 0.0262. The fraction of sp³-hybridized carbons (Fsp3) is 0.758. The molecule has 0 aromatic rings. The van der Waals surface area contributed by atoms with Gasteiger partial charge in [0.25, 0.3) is 0 Å². The van der Waals surface area contributed by atoms with Crippen molar-refractivity contribution in [2.75, 3.05) is 13.2 Å². The summed E-state index contributed by atoms with van der Waals surface area (Å²) < 4.78 is 16.8. The number of esters is 3. The van der Waals surface area contributed by atoms with Gasteiger partial charge in [-0.1, -0.05) is 254 Å². The Kier molecular flexibility index (Phi) is 53.8. The third-order valence-corrected chi connectivity index (χ3v) is 12.4. The molecule has 1 unspecified atom stereocenters. The molecule has 0 amide bonds. The third-order valence-electron chi connectivity index (χ3n) is 12.4. The van der Waals surface area contributed by atoms with Crippen LogP contribution in [-0.2, 0) is 28.6 Å². The van der Waals surface area contributed by atoms with Gasteiger partial charge in [-0.3, -0.25) is 14.4 Å². The van der Waals surface area contributed by atoms with Crippen molar-refractivity contribution in [3.05, 3.63) is 72.9 Å². The zero-order valence-electron chi connectivity index (χ0n) is 44.9. The summed E-state index contributed by atoms with van der Waals surface area (Å²) >= 11 is 0. The Balaban J connectivity index is 4.43. The highest BCUT2D eigenvalue weighted by molar-refractivity contribution is 5.71. The Labute approximate surface area is 421 Å². The number of allylic oxidation sites excluding steroid dienone is 12. The minimum atomic E-state index is -0.807. The molecule has 6 heteroatoms. The first-order chi connectivity index (χ1) is 33.5. The molecular weight excluding hydrogens is 841 g/mol. The van der Waals surface area contributed by atoms with Gasteiger partial charge in [0.1, 0.15) is 13.2 Å². The SMILES string of the molecule is CC/C=C\C/C=C\C/C=C\C/C=C\C/C=C\CCCC(=O)OC(COC(=O)CCCCCCC/C=C\CCCCCCC)COC(=O)CCCCCCCCCCCCCCCCCCCCC. The van der Waals surface area contributed by atoms with Crippen molar-refractivity contribution < 1.29 is 28.6 Å². The van der Waals surface area contributed by atoms with Gasteiger partial charge in [0.15, 0.2) is 6.10 Å². The number of rotatable bonds is 52. The number of ether oxygens (including phenoxy) is 3. The van der Waals surface area contributed by atoms with Crippen LogP contribution in [0.15, 0.2) is 72.9 Å². The van der Waals surface area contributed by atoms with E-state index < -0.39 is 6.10 Å². The van der Waals surface area contributed by atoms with Crippen LogP contribution in [-0.4, -0.2) is 37.2 Å². The Morgan fingerprint density at radius 3 is 0.956 bits per heavy atom. The fourth-order valence-corrected chi connectivity index (χ4v) is 8.12. The van der Waals surface area contributed by atoms with E-state index in [4.69, 9.17) is 14.2 Å². The second-order valence-corrected chi connectivity index (χ2v) is 19.2.